The normalized spacial score (nSPS) is 16.5. The molecule has 0 aliphatic carbocycles. The molecule has 3 heterocycles. The van der Waals surface area contributed by atoms with Crippen LogP contribution in [0.15, 0.2) is 36.1 Å². The maximum absolute atomic E-state index is 11.9. The summed E-state index contributed by atoms with van der Waals surface area (Å²) in [6.45, 7) is 3.75. The van der Waals surface area contributed by atoms with Gasteiger partial charge < -0.3 is 10.2 Å². The first-order chi connectivity index (χ1) is 10.8. The largest absolute Gasteiger partial charge is 0.349 e. The Balaban J connectivity index is 1.38. The van der Waals surface area contributed by atoms with Gasteiger partial charge in [-0.2, -0.15) is 0 Å². The number of carbonyl (C=O) groups is 1. The van der Waals surface area contributed by atoms with Gasteiger partial charge in [-0.1, -0.05) is 6.07 Å². The minimum absolute atomic E-state index is 0.151. The number of likely N-dealkylation sites (tertiary alicyclic amines) is 1. The number of hydrogen-bond acceptors (Lipinski definition) is 5. The van der Waals surface area contributed by atoms with E-state index >= 15 is 0 Å². The zero-order valence-electron chi connectivity index (χ0n) is 12.4. The van der Waals surface area contributed by atoms with Crippen LogP contribution in [0.1, 0.15) is 34.1 Å². The standard InChI is InChI=1S/C16H20N4OS/c21-16(14-12-17-5-6-18-14)19-7-10-20-8-3-13(4-9-20)15-2-1-11-22-15/h1-2,5-6,11-13H,3-4,7-10H2,(H,19,21). The molecule has 0 aromatic carbocycles. The smallest absolute Gasteiger partial charge is 0.271 e. The zero-order chi connectivity index (χ0) is 15.2. The molecule has 22 heavy (non-hydrogen) atoms. The first kappa shape index (κ1) is 15.1. The lowest BCUT2D eigenvalue weighted by molar-refractivity contribution is 0.0940. The molecule has 0 unspecified atom stereocenters. The maximum Gasteiger partial charge on any atom is 0.271 e. The van der Waals surface area contributed by atoms with Gasteiger partial charge in [0.2, 0.25) is 0 Å². The van der Waals surface area contributed by atoms with Gasteiger partial charge in [-0.15, -0.1) is 11.3 Å². The Morgan fingerprint density at radius 1 is 1.36 bits per heavy atom. The number of nitrogens with one attached hydrogen (secondary N) is 1. The molecule has 2 aromatic rings. The van der Waals surface area contributed by atoms with Crippen LogP contribution in [-0.2, 0) is 0 Å². The summed E-state index contributed by atoms with van der Waals surface area (Å²) in [7, 11) is 0. The second kappa shape index (κ2) is 7.47. The molecule has 1 aliphatic heterocycles. The molecule has 116 valence electrons. The molecule has 0 saturated carbocycles. The third-order valence-electron chi connectivity index (χ3n) is 4.04. The minimum Gasteiger partial charge on any atom is -0.349 e. The van der Waals surface area contributed by atoms with Crippen molar-refractivity contribution in [3.8, 4) is 0 Å². The van der Waals surface area contributed by atoms with E-state index in [2.05, 4.69) is 37.7 Å². The number of carbonyl (C=O) groups excluding carboxylic acids is 1. The molecule has 3 rings (SSSR count). The van der Waals surface area contributed by atoms with Crippen molar-refractivity contribution in [1.82, 2.24) is 20.2 Å². The lowest BCUT2D eigenvalue weighted by atomic mass is 9.95. The number of thiophene rings is 1. The SMILES string of the molecule is O=C(NCCN1CCC(c2cccs2)CC1)c1cnccn1. The highest BCUT2D eigenvalue weighted by Crippen LogP contribution is 2.30. The van der Waals surface area contributed by atoms with Crippen LogP contribution in [0.25, 0.3) is 0 Å². The van der Waals surface area contributed by atoms with Gasteiger partial charge in [0.15, 0.2) is 0 Å². The van der Waals surface area contributed by atoms with Gasteiger partial charge in [0.25, 0.3) is 5.91 Å². The zero-order valence-corrected chi connectivity index (χ0v) is 13.3. The van der Waals surface area contributed by atoms with E-state index in [1.54, 1.807) is 6.20 Å². The van der Waals surface area contributed by atoms with Crippen LogP contribution in [0.4, 0.5) is 0 Å². The minimum atomic E-state index is -0.151. The van der Waals surface area contributed by atoms with Crippen LogP contribution in [0.3, 0.4) is 0 Å². The lowest BCUT2D eigenvalue weighted by Crippen LogP contribution is -2.39. The quantitative estimate of drug-likeness (QED) is 0.918. The fourth-order valence-electron chi connectivity index (χ4n) is 2.80. The summed E-state index contributed by atoms with van der Waals surface area (Å²) in [5.74, 6) is 0.562. The molecule has 5 nitrogen and oxygen atoms in total. The molecule has 0 atom stereocenters. The molecule has 6 heteroatoms. The molecule has 0 bridgehead atoms. The second-order valence-electron chi connectivity index (χ2n) is 5.48. The van der Waals surface area contributed by atoms with Gasteiger partial charge >= 0.3 is 0 Å². The summed E-state index contributed by atoms with van der Waals surface area (Å²) >= 11 is 1.86. The van der Waals surface area contributed by atoms with Crippen molar-refractivity contribution in [2.45, 2.75) is 18.8 Å². The van der Waals surface area contributed by atoms with Crippen LogP contribution in [-0.4, -0.2) is 47.0 Å². The van der Waals surface area contributed by atoms with Crippen LogP contribution in [0, 0.1) is 0 Å². The number of aromatic nitrogens is 2. The van der Waals surface area contributed by atoms with Gasteiger partial charge in [0, 0.05) is 30.4 Å². The Kier molecular flexibility index (Phi) is 5.13. The van der Waals surface area contributed by atoms with E-state index < -0.39 is 0 Å². The molecule has 1 saturated heterocycles. The summed E-state index contributed by atoms with van der Waals surface area (Å²) in [4.78, 5) is 23.7. The predicted molar refractivity (Wildman–Crippen MR) is 87.1 cm³/mol. The van der Waals surface area contributed by atoms with Gasteiger partial charge in [-0.3, -0.25) is 9.78 Å². The van der Waals surface area contributed by atoms with E-state index in [1.165, 1.54) is 30.1 Å². The highest BCUT2D eigenvalue weighted by molar-refractivity contribution is 7.10. The molecule has 0 radical (unpaired) electrons. The van der Waals surface area contributed by atoms with Crippen LogP contribution < -0.4 is 5.32 Å². The monoisotopic (exact) mass is 316 g/mol. The van der Waals surface area contributed by atoms with E-state index in [9.17, 15) is 4.79 Å². The lowest BCUT2D eigenvalue weighted by Gasteiger charge is -2.31. The fourth-order valence-corrected chi connectivity index (χ4v) is 3.70. The Morgan fingerprint density at radius 3 is 2.91 bits per heavy atom. The van der Waals surface area contributed by atoms with E-state index in [4.69, 9.17) is 0 Å². The van der Waals surface area contributed by atoms with Crippen LogP contribution in [0.5, 0.6) is 0 Å². The molecule has 1 amide bonds. The summed E-state index contributed by atoms with van der Waals surface area (Å²) in [6.07, 6.45) is 7.00. The fraction of sp³-hybridized carbons (Fsp3) is 0.438. The number of rotatable bonds is 5. The molecule has 1 aliphatic rings. The Bertz CT molecular complexity index is 579. The van der Waals surface area contributed by atoms with Gasteiger partial charge in [0.05, 0.1) is 6.20 Å². The van der Waals surface area contributed by atoms with Crippen molar-refractivity contribution in [3.63, 3.8) is 0 Å². The average Bonchev–Trinajstić information content (AvgIpc) is 3.11. The van der Waals surface area contributed by atoms with Crippen molar-refractivity contribution in [1.29, 1.82) is 0 Å². The van der Waals surface area contributed by atoms with Crippen molar-refractivity contribution in [2.24, 2.45) is 0 Å². The van der Waals surface area contributed by atoms with Crippen molar-refractivity contribution in [3.05, 3.63) is 46.7 Å². The summed E-state index contributed by atoms with van der Waals surface area (Å²) < 4.78 is 0. The third kappa shape index (κ3) is 3.90. The summed E-state index contributed by atoms with van der Waals surface area (Å²) in [5.41, 5.74) is 0.374. The summed E-state index contributed by atoms with van der Waals surface area (Å²) in [5, 5.41) is 5.06. The summed E-state index contributed by atoms with van der Waals surface area (Å²) in [6, 6.07) is 4.38. The van der Waals surface area contributed by atoms with Gasteiger partial charge in [0.1, 0.15) is 5.69 Å². The Hall–Kier alpha value is -1.79. The molecule has 2 aromatic heterocycles. The number of piperidine rings is 1. The number of nitrogens with zero attached hydrogens (tertiary/aromatic N) is 3. The number of hydrogen-bond donors (Lipinski definition) is 1. The van der Waals surface area contributed by atoms with E-state index in [0.29, 0.717) is 18.2 Å². The highest BCUT2D eigenvalue weighted by Gasteiger charge is 2.20. The van der Waals surface area contributed by atoms with Crippen LogP contribution >= 0.6 is 11.3 Å². The molecule has 1 fully saturated rings. The van der Waals surface area contributed by atoms with Gasteiger partial charge in [-0.05, 0) is 43.3 Å². The van der Waals surface area contributed by atoms with E-state index in [0.717, 1.165) is 19.6 Å². The Morgan fingerprint density at radius 2 is 2.23 bits per heavy atom. The van der Waals surface area contributed by atoms with Crippen molar-refractivity contribution < 1.29 is 4.79 Å². The van der Waals surface area contributed by atoms with E-state index in [1.807, 2.05) is 11.3 Å². The van der Waals surface area contributed by atoms with E-state index in [-0.39, 0.29) is 5.91 Å². The first-order valence-corrected chi connectivity index (χ1v) is 8.51. The predicted octanol–water partition coefficient (Wildman–Crippen LogP) is 2.15. The molecular weight excluding hydrogens is 296 g/mol. The topological polar surface area (TPSA) is 58.1 Å². The highest BCUT2D eigenvalue weighted by atomic mass is 32.1. The maximum atomic E-state index is 11.9. The van der Waals surface area contributed by atoms with Crippen molar-refractivity contribution >= 4 is 17.2 Å². The molecular formula is C16H20N4OS. The molecule has 1 N–H and O–H groups in total. The average molecular weight is 316 g/mol. The van der Waals surface area contributed by atoms with Crippen molar-refractivity contribution in [2.75, 3.05) is 26.2 Å². The third-order valence-corrected chi connectivity index (χ3v) is 5.08. The molecule has 0 spiro atoms. The van der Waals surface area contributed by atoms with Gasteiger partial charge in [-0.25, -0.2) is 4.98 Å². The Labute approximate surface area is 134 Å². The first-order valence-electron chi connectivity index (χ1n) is 7.63. The number of amides is 1. The second-order valence-corrected chi connectivity index (χ2v) is 6.46. The van der Waals surface area contributed by atoms with Crippen LogP contribution in [0.2, 0.25) is 0 Å².